The third kappa shape index (κ3) is 6.02. The molecule has 354 valence electrons. The standard InChI is InChI=1S/C68H42Ge2N4O2/c1-72-56-43-62(74-58-35-19-17-33-55(58)70(48-26-10-4-11-27-48,49-28-12-5-13-29-49)66-60(74)41-39-53-51-31-15-21-37-64(51)76-68(53)66)61(42-45(56)44-71)73-57-34-18-16-32-54(57)69(46-22-6-2-7-23-46,47-24-8-3-9-25-47)65-59(73)40-38-52-50-30-14-20-36-63(50)75-67(52)65/h2-43H. The first-order chi connectivity index (χ1) is 37.6. The van der Waals surface area contributed by atoms with Crippen LogP contribution >= 0.6 is 0 Å². The van der Waals surface area contributed by atoms with Crippen LogP contribution in [0.2, 0.25) is 0 Å². The van der Waals surface area contributed by atoms with E-state index in [1.165, 1.54) is 26.4 Å². The van der Waals surface area contributed by atoms with Crippen LogP contribution in [0.5, 0.6) is 0 Å². The van der Waals surface area contributed by atoms with Gasteiger partial charge in [0.25, 0.3) is 0 Å². The van der Waals surface area contributed by atoms with E-state index < -0.39 is 26.5 Å². The number of furan rings is 2. The number of para-hydroxylation sites is 4. The van der Waals surface area contributed by atoms with Gasteiger partial charge >= 0.3 is 447 Å². The van der Waals surface area contributed by atoms with Crippen molar-refractivity contribution in [2.75, 3.05) is 9.80 Å². The van der Waals surface area contributed by atoms with Crippen molar-refractivity contribution in [1.82, 2.24) is 0 Å². The molecular weight excluding hydrogens is 1050 g/mol. The molecule has 76 heavy (non-hydrogen) atoms. The van der Waals surface area contributed by atoms with Crippen molar-refractivity contribution in [2.45, 2.75) is 0 Å². The fourth-order valence-electron chi connectivity index (χ4n) is 13.1. The first-order valence-corrected chi connectivity index (χ1v) is 33.9. The van der Waals surface area contributed by atoms with E-state index in [2.05, 4.69) is 251 Å². The molecule has 0 aliphatic carbocycles. The Morgan fingerprint density at radius 1 is 0.368 bits per heavy atom. The molecule has 13 aromatic rings. The third-order valence-corrected chi connectivity index (χ3v) is 36.4. The van der Waals surface area contributed by atoms with E-state index in [0.717, 1.165) is 86.8 Å². The minimum atomic E-state index is -4.14. The van der Waals surface area contributed by atoms with Crippen molar-refractivity contribution in [3.63, 3.8) is 0 Å². The summed E-state index contributed by atoms with van der Waals surface area (Å²) in [5.41, 5.74) is 9.42. The second kappa shape index (κ2) is 17.1. The monoisotopic (exact) mass is 1090 g/mol. The van der Waals surface area contributed by atoms with Gasteiger partial charge in [0.1, 0.15) is 0 Å². The summed E-state index contributed by atoms with van der Waals surface area (Å²) in [5, 5.41) is 15.4. The van der Waals surface area contributed by atoms with Gasteiger partial charge in [-0.25, -0.2) is 0 Å². The maximum absolute atomic E-state index is 11.2. The predicted octanol–water partition coefficient (Wildman–Crippen LogP) is 12.2. The van der Waals surface area contributed by atoms with Crippen LogP contribution in [0.3, 0.4) is 0 Å². The molecule has 0 radical (unpaired) electrons. The predicted molar refractivity (Wildman–Crippen MR) is 316 cm³/mol. The number of rotatable bonds is 6. The molecule has 0 saturated carbocycles. The summed E-state index contributed by atoms with van der Waals surface area (Å²) < 4.78 is 24.4. The van der Waals surface area contributed by atoms with E-state index >= 15 is 0 Å². The number of nitrogens with zero attached hydrogens (tertiary/aromatic N) is 4. The zero-order valence-corrected chi connectivity index (χ0v) is 45.1. The quantitative estimate of drug-likeness (QED) is 0.123. The Morgan fingerprint density at radius 3 is 1.14 bits per heavy atom. The van der Waals surface area contributed by atoms with Crippen molar-refractivity contribution in [2.24, 2.45) is 0 Å². The van der Waals surface area contributed by atoms with Gasteiger partial charge in [-0.1, -0.05) is 0 Å². The normalized spacial score (nSPS) is 13.9. The Morgan fingerprint density at radius 2 is 0.737 bits per heavy atom. The molecule has 4 heterocycles. The molecule has 0 amide bonds. The zero-order chi connectivity index (χ0) is 50.5. The molecule has 8 heteroatoms. The van der Waals surface area contributed by atoms with Crippen molar-refractivity contribution in [1.29, 1.82) is 5.26 Å². The van der Waals surface area contributed by atoms with Gasteiger partial charge in [0.15, 0.2) is 0 Å². The Labute approximate surface area is 444 Å². The summed E-state index contributed by atoms with van der Waals surface area (Å²) in [7, 11) is 0. The molecule has 11 aromatic carbocycles. The zero-order valence-electron chi connectivity index (χ0n) is 40.9. The fraction of sp³-hybridized carbons (Fsp3) is 0. The Kier molecular flexibility index (Phi) is 9.96. The third-order valence-electron chi connectivity index (χ3n) is 16.0. The van der Waals surface area contributed by atoms with Gasteiger partial charge in [0.05, 0.1) is 0 Å². The van der Waals surface area contributed by atoms with Crippen LogP contribution in [-0.4, -0.2) is 26.5 Å². The van der Waals surface area contributed by atoms with E-state index in [-0.39, 0.29) is 5.69 Å². The number of hydrogen-bond donors (Lipinski definition) is 0. The first-order valence-electron chi connectivity index (χ1n) is 25.5. The van der Waals surface area contributed by atoms with E-state index in [9.17, 15) is 5.26 Å². The molecule has 0 bridgehead atoms. The van der Waals surface area contributed by atoms with Crippen molar-refractivity contribution >= 4 is 145 Å². The van der Waals surface area contributed by atoms with Crippen LogP contribution in [0, 0.1) is 17.9 Å². The van der Waals surface area contributed by atoms with Gasteiger partial charge in [-0.2, -0.15) is 0 Å². The summed E-state index contributed by atoms with van der Waals surface area (Å²) in [6.07, 6.45) is 0. The van der Waals surface area contributed by atoms with E-state index in [4.69, 9.17) is 15.4 Å². The molecule has 0 unspecified atom stereocenters. The number of nitriles is 1. The molecule has 0 fully saturated rings. The first kappa shape index (κ1) is 44.2. The Bertz CT molecular complexity index is 4210. The minimum absolute atomic E-state index is 0.272. The van der Waals surface area contributed by atoms with Crippen LogP contribution in [-0.2, 0) is 0 Å². The van der Waals surface area contributed by atoms with Gasteiger partial charge in [-0.05, 0) is 0 Å². The molecular formula is C68H42Ge2N4O2. The number of fused-ring (bicyclic) bond motifs is 12. The summed E-state index contributed by atoms with van der Waals surface area (Å²) >= 11 is -8.29. The van der Waals surface area contributed by atoms with Gasteiger partial charge in [-0.3, -0.25) is 0 Å². The fourth-order valence-corrected chi connectivity index (χ4v) is 35.0. The molecule has 2 aliphatic rings. The van der Waals surface area contributed by atoms with Crippen LogP contribution in [0.1, 0.15) is 5.56 Å². The van der Waals surface area contributed by atoms with Crippen molar-refractivity contribution in [3.8, 4) is 6.07 Å². The molecule has 0 spiro atoms. The second-order valence-electron chi connectivity index (χ2n) is 19.6. The Hall–Kier alpha value is -9.31. The maximum atomic E-state index is 11.2. The molecule has 15 rings (SSSR count). The van der Waals surface area contributed by atoms with Gasteiger partial charge in [0, 0.05) is 0 Å². The molecule has 0 N–H and O–H groups in total. The van der Waals surface area contributed by atoms with E-state index in [1.54, 1.807) is 0 Å². The van der Waals surface area contributed by atoms with Crippen molar-refractivity contribution in [3.05, 3.63) is 272 Å². The van der Waals surface area contributed by atoms with Gasteiger partial charge in [-0.15, -0.1) is 0 Å². The van der Waals surface area contributed by atoms with Gasteiger partial charge in [0.2, 0.25) is 0 Å². The summed E-state index contributed by atoms with van der Waals surface area (Å²) in [4.78, 5) is 8.87. The SMILES string of the molecule is [C-]#[N+]c1cc(N2c3cccc[c]3[Ge]([c]3ccccc3)([c]3ccccc3)[c]3c2ccc2c3oc3ccccc32)c(N2c3cccc[c]3[Ge]([c]3ccccc3)([c]3ccccc3)[c]3c2ccc2c3oc3ccccc32)cc1C#N. The summed E-state index contributed by atoms with van der Waals surface area (Å²) in [6.45, 7) is 8.71. The average molecular weight is 1090 g/mol. The van der Waals surface area contributed by atoms with E-state index in [1.807, 2.05) is 24.3 Å². The topological polar surface area (TPSA) is 60.9 Å². The second-order valence-corrected chi connectivity index (χ2v) is 35.1. The summed E-state index contributed by atoms with van der Waals surface area (Å²) in [5.74, 6) is 0. The van der Waals surface area contributed by atoms with E-state index in [0.29, 0.717) is 5.56 Å². The number of anilines is 6. The molecule has 2 aliphatic heterocycles. The number of benzene rings is 11. The van der Waals surface area contributed by atoms with Crippen LogP contribution in [0.4, 0.5) is 39.8 Å². The molecule has 6 nitrogen and oxygen atoms in total. The summed E-state index contributed by atoms with van der Waals surface area (Å²) in [6, 6.07) is 94.0. The van der Waals surface area contributed by atoms with Gasteiger partial charge < -0.3 is 0 Å². The molecule has 2 aromatic heterocycles. The van der Waals surface area contributed by atoms with Crippen molar-refractivity contribution < 1.29 is 8.83 Å². The number of hydrogen-bond acceptors (Lipinski definition) is 5. The van der Waals surface area contributed by atoms with Crippen LogP contribution in [0.25, 0.3) is 48.7 Å². The molecule has 0 atom stereocenters. The van der Waals surface area contributed by atoms with Crippen LogP contribution in [0.15, 0.2) is 264 Å². The average Bonchev–Trinajstić information content (AvgIpc) is 4.19. The Balaban J connectivity index is 1.11. The molecule has 0 saturated heterocycles. The van der Waals surface area contributed by atoms with Crippen LogP contribution < -0.4 is 45.0 Å².